The van der Waals surface area contributed by atoms with Gasteiger partial charge in [-0.1, -0.05) is 12.1 Å². The van der Waals surface area contributed by atoms with Gasteiger partial charge in [-0.25, -0.2) is 24.1 Å². The molecule has 10 nitrogen and oxygen atoms in total. The molecule has 0 radical (unpaired) electrons. The highest BCUT2D eigenvalue weighted by molar-refractivity contribution is 9.10. The molecule has 1 N–H and O–H groups in total. The van der Waals surface area contributed by atoms with Gasteiger partial charge < -0.3 is 24.1 Å². The Balaban J connectivity index is 1.38. The minimum atomic E-state index is -4.38. The molecule has 0 saturated carbocycles. The number of benzene rings is 2. The second-order valence-corrected chi connectivity index (χ2v) is 11.6. The van der Waals surface area contributed by atoms with Crippen molar-refractivity contribution >= 4 is 43.5 Å². The van der Waals surface area contributed by atoms with Crippen LogP contribution in [0.2, 0.25) is 0 Å². The van der Waals surface area contributed by atoms with Gasteiger partial charge in [0.2, 0.25) is 12.0 Å². The Morgan fingerprint density at radius 2 is 1.85 bits per heavy atom. The smallest absolute Gasteiger partial charge is 0.392 e. The number of alkyl halides is 3. The van der Waals surface area contributed by atoms with Crippen molar-refractivity contribution < 1.29 is 46.4 Å². The first-order valence-electron chi connectivity index (χ1n) is 14.0. The van der Waals surface area contributed by atoms with Crippen LogP contribution in [0.5, 0.6) is 23.4 Å². The molecule has 0 aliphatic carbocycles. The highest BCUT2D eigenvalue weighted by Crippen LogP contribution is 2.44. The summed E-state index contributed by atoms with van der Waals surface area (Å²) in [5.74, 6) is -0.826. The number of esters is 1. The molecule has 0 amide bonds. The lowest BCUT2D eigenvalue weighted by Gasteiger charge is -2.19. The van der Waals surface area contributed by atoms with Crippen LogP contribution in [0.3, 0.4) is 0 Å². The molecule has 246 valence electrons. The largest absolute Gasteiger partial charge is 0.508 e. The quantitative estimate of drug-likeness (QED) is 0.0979. The maximum Gasteiger partial charge on any atom is 0.392 e. The third-order valence-electron chi connectivity index (χ3n) is 6.44. The van der Waals surface area contributed by atoms with Gasteiger partial charge in [-0.2, -0.15) is 18.2 Å². The minimum Gasteiger partial charge on any atom is -0.508 e. The number of phenols is 1. The Morgan fingerprint density at radius 3 is 2.60 bits per heavy atom. The van der Waals surface area contributed by atoms with Crippen molar-refractivity contribution in [3.05, 3.63) is 82.6 Å². The maximum atomic E-state index is 13.5. The molecule has 0 aliphatic rings. The molecule has 0 spiro atoms. The van der Waals surface area contributed by atoms with Crippen molar-refractivity contribution in [1.82, 2.24) is 19.9 Å². The molecule has 3 aromatic heterocycles. The van der Waals surface area contributed by atoms with E-state index >= 15 is 0 Å². The van der Waals surface area contributed by atoms with E-state index in [1.807, 2.05) is 0 Å². The monoisotopic (exact) mass is 736 g/mol. The van der Waals surface area contributed by atoms with Crippen molar-refractivity contribution in [3.8, 4) is 33.8 Å². The van der Waals surface area contributed by atoms with Gasteiger partial charge in [-0.05, 0) is 64.8 Å². The van der Waals surface area contributed by atoms with Crippen LogP contribution in [0.15, 0.2) is 65.5 Å². The zero-order valence-electron chi connectivity index (χ0n) is 24.5. The zero-order chi connectivity index (χ0) is 33.6. The van der Waals surface area contributed by atoms with Gasteiger partial charge in [0, 0.05) is 18.2 Å². The molecular weight excluding hydrogens is 712 g/mol. The third kappa shape index (κ3) is 8.83. The first-order chi connectivity index (χ1) is 22.5. The zero-order valence-corrected chi connectivity index (χ0v) is 26.9. The van der Waals surface area contributed by atoms with E-state index in [0.29, 0.717) is 25.9 Å². The molecular formula is C31H25BrF4N4O6S. The molecule has 0 saturated heterocycles. The van der Waals surface area contributed by atoms with Gasteiger partial charge in [0.25, 0.3) is 0 Å². The summed E-state index contributed by atoms with van der Waals surface area (Å²) in [6.07, 6.45) is -4.28. The van der Waals surface area contributed by atoms with E-state index in [1.165, 1.54) is 60.3 Å². The number of hydrogen-bond donors (Lipinski definition) is 1. The Hall–Kier alpha value is -4.57. The first-order valence-corrected chi connectivity index (χ1v) is 15.6. The lowest BCUT2D eigenvalue weighted by atomic mass is 10.1. The summed E-state index contributed by atoms with van der Waals surface area (Å²) in [5.41, 5.74) is 1.42. The molecule has 0 unspecified atom stereocenters. The van der Waals surface area contributed by atoms with E-state index < -0.39 is 31.3 Å². The molecule has 0 bridgehead atoms. The van der Waals surface area contributed by atoms with Crippen molar-refractivity contribution in [2.24, 2.45) is 0 Å². The van der Waals surface area contributed by atoms with Crippen LogP contribution < -0.4 is 14.2 Å². The predicted molar refractivity (Wildman–Crippen MR) is 166 cm³/mol. The second kappa shape index (κ2) is 14.9. The number of phenolic OH excluding ortho intramolecular Hbond substituents is 1. The number of thiophene rings is 1. The number of carbonyl (C=O) groups excluding carboxylic acids is 1. The summed E-state index contributed by atoms with van der Waals surface area (Å²) >= 11 is 4.91. The summed E-state index contributed by atoms with van der Waals surface area (Å²) in [4.78, 5) is 31.0. The Morgan fingerprint density at radius 1 is 1.06 bits per heavy atom. The molecule has 0 aliphatic heterocycles. The van der Waals surface area contributed by atoms with E-state index in [0.717, 1.165) is 10.4 Å². The van der Waals surface area contributed by atoms with Crippen LogP contribution in [0.1, 0.15) is 24.6 Å². The molecule has 5 aromatic rings. The average molecular weight is 738 g/mol. The van der Waals surface area contributed by atoms with Gasteiger partial charge in [0.05, 0.1) is 33.5 Å². The number of aromatic nitrogens is 4. The normalized spacial score (nSPS) is 12.1. The highest BCUT2D eigenvalue weighted by atomic mass is 79.9. The first kappa shape index (κ1) is 33.8. The molecule has 47 heavy (non-hydrogen) atoms. The fourth-order valence-electron chi connectivity index (χ4n) is 4.30. The van der Waals surface area contributed by atoms with Crippen LogP contribution in [0.25, 0.3) is 20.7 Å². The average Bonchev–Trinajstić information content (AvgIpc) is 3.37. The number of halogens is 5. The van der Waals surface area contributed by atoms with Crippen molar-refractivity contribution in [3.63, 3.8) is 0 Å². The summed E-state index contributed by atoms with van der Waals surface area (Å²) in [5, 5.41) is 10.8. The molecule has 1 atom stereocenters. The SMILES string of the molecule is CCOC(=O)[C@@H](Cc1cc(O)ccc1OCc1ccnc(OCCC(F)(F)F)n1)Oc1ncnc2sc(-c3ccc(F)cc3)c(Br)c12. The van der Waals surface area contributed by atoms with Crippen molar-refractivity contribution in [1.29, 1.82) is 0 Å². The topological polar surface area (TPSA) is 126 Å². The lowest BCUT2D eigenvalue weighted by Crippen LogP contribution is -2.32. The predicted octanol–water partition coefficient (Wildman–Crippen LogP) is 7.22. The van der Waals surface area contributed by atoms with E-state index in [2.05, 4.69) is 35.9 Å². The van der Waals surface area contributed by atoms with Gasteiger partial charge in [-0.3, -0.25) is 0 Å². The standard InChI is InChI=1S/C31H25BrF4N4O6S/c1-2-43-29(42)23(46-27-24-25(32)26(47-28(24)39-16-38-27)17-3-5-19(33)6-4-17)14-18-13-21(41)7-8-22(18)45-15-20-9-11-37-30(40-20)44-12-10-31(34,35)36/h3-9,11,13,16,23,41H,2,10,12,14-15H2,1H3/t23-/m1/s1. The van der Waals surface area contributed by atoms with Gasteiger partial charge >= 0.3 is 18.2 Å². The fourth-order valence-corrected chi connectivity index (χ4v) is 6.29. The van der Waals surface area contributed by atoms with Crippen LogP contribution >= 0.6 is 27.3 Å². The maximum absolute atomic E-state index is 13.5. The van der Waals surface area contributed by atoms with Crippen LogP contribution in [0, 0.1) is 5.82 Å². The lowest BCUT2D eigenvalue weighted by molar-refractivity contribution is -0.151. The summed E-state index contributed by atoms with van der Waals surface area (Å²) < 4.78 is 73.9. The van der Waals surface area contributed by atoms with E-state index in [-0.39, 0.29) is 48.8 Å². The summed E-state index contributed by atoms with van der Waals surface area (Å²) in [7, 11) is 0. The van der Waals surface area contributed by atoms with Gasteiger partial charge in [-0.15, -0.1) is 11.3 Å². The number of fused-ring (bicyclic) bond motifs is 1. The van der Waals surface area contributed by atoms with E-state index in [9.17, 15) is 27.5 Å². The molecule has 5 rings (SSSR count). The molecule has 3 heterocycles. The van der Waals surface area contributed by atoms with E-state index in [1.54, 1.807) is 19.1 Å². The number of rotatable bonds is 13. The number of aromatic hydroxyl groups is 1. The van der Waals surface area contributed by atoms with Gasteiger partial charge in [0.15, 0.2) is 0 Å². The van der Waals surface area contributed by atoms with Crippen LogP contribution in [-0.4, -0.2) is 56.5 Å². The summed E-state index contributed by atoms with van der Waals surface area (Å²) in [6.45, 7) is 0.938. The number of nitrogens with zero attached hydrogens (tertiary/aromatic N) is 4. The Bertz CT molecular complexity index is 1860. The van der Waals surface area contributed by atoms with Crippen LogP contribution in [0.4, 0.5) is 17.6 Å². The number of hydrogen-bond acceptors (Lipinski definition) is 11. The van der Waals surface area contributed by atoms with Crippen molar-refractivity contribution in [2.45, 2.75) is 38.7 Å². The van der Waals surface area contributed by atoms with E-state index in [4.69, 9.17) is 18.9 Å². The summed E-state index contributed by atoms with van der Waals surface area (Å²) in [6, 6.07) is 11.5. The fraction of sp³-hybridized carbons (Fsp3) is 0.258. The Kier molecular flexibility index (Phi) is 10.7. The molecule has 0 fully saturated rings. The van der Waals surface area contributed by atoms with Crippen LogP contribution in [-0.2, 0) is 22.6 Å². The third-order valence-corrected chi connectivity index (χ3v) is 8.64. The van der Waals surface area contributed by atoms with Gasteiger partial charge in [0.1, 0.15) is 41.7 Å². The number of ether oxygens (including phenoxy) is 4. The minimum absolute atomic E-state index is 0.0687. The van der Waals surface area contributed by atoms with Crippen molar-refractivity contribution in [2.75, 3.05) is 13.2 Å². The molecule has 2 aromatic carbocycles. The second-order valence-electron chi connectivity index (χ2n) is 9.80. The highest BCUT2D eigenvalue weighted by Gasteiger charge is 2.28. The molecule has 16 heteroatoms. The Labute approximate surface area is 277 Å². The number of carbonyl (C=O) groups is 1.